The Morgan fingerprint density at radius 2 is 2.09 bits per heavy atom. The molecule has 2 unspecified atom stereocenters. The number of sulfone groups is 1. The van der Waals surface area contributed by atoms with E-state index in [0.717, 1.165) is 30.5 Å². The molecule has 4 rings (SSSR count). The van der Waals surface area contributed by atoms with Crippen molar-refractivity contribution >= 4 is 20.9 Å². The van der Waals surface area contributed by atoms with Crippen LogP contribution in [-0.2, 0) is 9.84 Å². The van der Waals surface area contributed by atoms with Crippen molar-refractivity contribution in [1.82, 2.24) is 9.88 Å². The summed E-state index contributed by atoms with van der Waals surface area (Å²) in [6.07, 6.45) is 1.13. The summed E-state index contributed by atoms with van der Waals surface area (Å²) in [7, 11) is -3.13. The monoisotopic (exact) mass is 336 g/mol. The van der Waals surface area contributed by atoms with Crippen LogP contribution in [0, 0.1) is 0 Å². The third kappa shape index (κ3) is 2.88. The molecule has 0 spiro atoms. The first-order chi connectivity index (χ1) is 11.0. The Bertz CT molecular complexity index is 783. The fourth-order valence-electron chi connectivity index (χ4n) is 3.73. The fraction of sp³-hybridized carbons (Fsp3) is 0.562. The smallest absolute Gasteiger partial charge is 0.199 e. The standard InChI is InChI=1S/C16H20N2O4S/c19-14-10-23(20,21)9-13(14)18-7-3-4-11(8-18)16-17-12-5-1-2-6-15(12)22-16/h1-2,5-6,11,13-14,19H,3-4,7-10H2/t11?,13?,14-/m1/s1. The molecule has 0 saturated carbocycles. The zero-order valence-corrected chi connectivity index (χ0v) is 13.6. The lowest BCUT2D eigenvalue weighted by Gasteiger charge is -2.36. The Hall–Kier alpha value is -1.44. The number of aliphatic hydroxyl groups is 1. The fourth-order valence-corrected chi connectivity index (χ4v) is 5.57. The maximum Gasteiger partial charge on any atom is 0.199 e. The maximum atomic E-state index is 11.7. The van der Waals surface area contributed by atoms with E-state index in [4.69, 9.17) is 4.42 Å². The predicted molar refractivity (Wildman–Crippen MR) is 86.0 cm³/mol. The summed E-state index contributed by atoms with van der Waals surface area (Å²) in [5, 5.41) is 10.1. The topological polar surface area (TPSA) is 83.6 Å². The molecule has 1 N–H and O–H groups in total. The Labute approximate surface area is 135 Å². The molecule has 124 valence electrons. The van der Waals surface area contributed by atoms with Crippen molar-refractivity contribution in [2.24, 2.45) is 0 Å². The van der Waals surface area contributed by atoms with Gasteiger partial charge in [0, 0.05) is 12.5 Å². The summed E-state index contributed by atoms with van der Waals surface area (Å²) in [6.45, 7) is 1.50. The largest absolute Gasteiger partial charge is 0.440 e. The highest BCUT2D eigenvalue weighted by Gasteiger charge is 2.41. The molecule has 0 aliphatic carbocycles. The summed E-state index contributed by atoms with van der Waals surface area (Å²) in [4.78, 5) is 6.67. The van der Waals surface area contributed by atoms with Crippen LogP contribution >= 0.6 is 0 Å². The van der Waals surface area contributed by atoms with Gasteiger partial charge in [0.15, 0.2) is 21.3 Å². The zero-order valence-electron chi connectivity index (χ0n) is 12.8. The zero-order chi connectivity index (χ0) is 16.0. The van der Waals surface area contributed by atoms with E-state index in [-0.39, 0.29) is 23.5 Å². The highest BCUT2D eigenvalue weighted by atomic mass is 32.2. The number of para-hydroxylation sites is 2. The molecule has 2 saturated heterocycles. The number of piperidine rings is 1. The SMILES string of the molecule is O=S1(=O)CC(N2CCCC(c3nc4ccccc4o3)C2)[C@H](O)C1. The highest BCUT2D eigenvalue weighted by molar-refractivity contribution is 7.91. The van der Waals surface area contributed by atoms with Crippen LogP contribution in [0.15, 0.2) is 28.7 Å². The van der Waals surface area contributed by atoms with Crippen molar-refractivity contribution in [3.05, 3.63) is 30.2 Å². The van der Waals surface area contributed by atoms with Gasteiger partial charge in [-0.15, -0.1) is 0 Å². The van der Waals surface area contributed by atoms with Crippen molar-refractivity contribution in [2.45, 2.75) is 30.9 Å². The van der Waals surface area contributed by atoms with Crippen molar-refractivity contribution in [1.29, 1.82) is 0 Å². The average molecular weight is 336 g/mol. The van der Waals surface area contributed by atoms with Crippen molar-refractivity contribution in [3.8, 4) is 0 Å². The number of aliphatic hydroxyl groups excluding tert-OH is 1. The van der Waals surface area contributed by atoms with Gasteiger partial charge in [-0.3, -0.25) is 4.90 Å². The lowest BCUT2D eigenvalue weighted by atomic mass is 9.96. The summed E-state index contributed by atoms with van der Waals surface area (Å²) >= 11 is 0. The maximum absolute atomic E-state index is 11.7. The van der Waals surface area contributed by atoms with Gasteiger partial charge in [0.05, 0.1) is 23.7 Å². The van der Waals surface area contributed by atoms with E-state index in [1.165, 1.54) is 0 Å². The number of hydrogen-bond donors (Lipinski definition) is 1. The molecule has 0 radical (unpaired) electrons. The van der Waals surface area contributed by atoms with Gasteiger partial charge in [0.25, 0.3) is 0 Å². The molecule has 2 aliphatic rings. The Kier molecular flexibility index (Phi) is 3.66. The van der Waals surface area contributed by atoms with E-state index in [0.29, 0.717) is 12.4 Å². The van der Waals surface area contributed by atoms with E-state index in [1.807, 2.05) is 24.3 Å². The minimum atomic E-state index is -3.13. The van der Waals surface area contributed by atoms with Gasteiger partial charge in [-0.05, 0) is 31.5 Å². The first-order valence-corrected chi connectivity index (χ1v) is 9.82. The van der Waals surface area contributed by atoms with Crippen LogP contribution in [0.5, 0.6) is 0 Å². The number of nitrogens with zero attached hydrogens (tertiary/aromatic N) is 2. The minimum Gasteiger partial charge on any atom is -0.440 e. The molecule has 3 heterocycles. The number of likely N-dealkylation sites (tertiary alicyclic amines) is 1. The number of oxazole rings is 1. The van der Waals surface area contributed by atoms with Crippen LogP contribution in [0.1, 0.15) is 24.7 Å². The highest BCUT2D eigenvalue weighted by Crippen LogP contribution is 2.31. The molecular weight excluding hydrogens is 316 g/mol. The molecule has 1 aromatic carbocycles. The molecule has 2 aromatic rings. The third-order valence-electron chi connectivity index (χ3n) is 4.88. The molecular formula is C16H20N2O4S. The summed E-state index contributed by atoms with van der Waals surface area (Å²) in [5.74, 6) is 0.786. The van der Waals surface area contributed by atoms with Crippen LogP contribution in [-0.4, -0.2) is 60.1 Å². The number of benzene rings is 1. The van der Waals surface area contributed by atoms with E-state index in [2.05, 4.69) is 9.88 Å². The molecule has 2 fully saturated rings. The van der Waals surface area contributed by atoms with E-state index in [9.17, 15) is 13.5 Å². The van der Waals surface area contributed by atoms with Crippen molar-refractivity contribution in [3.63, 3.8) is 0 Å². The molecule has 3 atom stereocenters. The molecule has 2 aliphatic heterocycles. The van der Waals surface area contributed by atoms with E-state index < -0.39 is 15.9 Å². The second-order valence-electron chi connectivity index (χ2n) is 6.57. The lowest BCUT2D eigenvalue weighted by Crippen LogP contribution is -2.47. The number of hydrogen-bond acceptors (Lipinski definition) is 6. The Morgan fingerprint density at radius 3 is 2.83 bits per heavy atom. The van der Waals surface area contributed by atoms with Crippen LogP contribution < -0.4 is 0 Å². The Morgan fingerprint density at radius 1 is 1.26 bits per heavy atom. The van der Waals surface area contributed by atoms with Crippen LogP contribution in [0.4, 0.5) is 0 Å². The minimum absolute atomic E-state index is 0.0500. The second kappa shape index (κ2) is 5.58. The van der Waals surface area contributed by atoms with E-state index in [1.54, 1.807) is 0 Å². The van der Waals surface area contributed by atoms with Gasteiger partial charge >= 0.3 is 0 Å². The first kappa shape index (κ1) is 15.1. The lowest BCUT2D eigenvalue weighted by molar-refractivity contribution is 0.0615. The second-order valence-corrected chi connectivity index (χ2v) is 8.72. The van der Waals surface area contributed by atoms with Gasteiger partial charge in [-0.1, -0.05) is 12.1 Å². The number of rotatable bonds is 2. The van der Waals surface area contributed by atoms with Gasteiger partial charge in [0.2, 0.25) is 0 Å². The van der Waals surface area contributed by atoms with Gasteiger partial charge in [-0.25, -0.2) is 13.4 Å². The Balaban J connectivity index is 1.55. The quantitative estimate of drug-likeness (QED) is 0.886. The predicted octanol–water partition coefficient (Wildman–Crippen LogP) is 1.17. The van der Waals surface area contributed by atoms with Crippen molar-refractivity contribution in [2.75, 3.05) is 24.6 Å². The first-order valence-electron chi connectivity index (χ1n) is 8.00. The normalized spacial score (nSPS) is 31.6. The van der Waals surface area contributed by atoms with E-state index >= 15 is 0 Å². The summed E-state index contributed by atoms with van der Waals surface area (Å²) < 4.78 is 29.4. The number of fused-ring (bicyclic) bond motifs is 1. The van der Waals surface area contributed by atoms with Crippen LogP contribution in [0.25, 0.3) is 11.1 Å². The van der Waals surface area contributed by atoms with Gasteiger partial charge < -0.3 is 9.52 Å². The molecule has 7 heteroatoms. The molecule has 23 heavy (non-hydrogen) atoms. The van der Waals surface area contributed by atoms with Crippen molar-refractivity contribution < 1.29 is 17.9 Å². The number of aromatic nitrogens is 1. The van der Waals surface area contributed by atoms with Crippen LogP contribution in [0.2, 0.25) is 0 Å². The molecule has 1 aromatic heterocycles. The van der Waals surface area contributed by atoms with Crippen LogP contribution in [0.3, 0.4) is 0 Å². The molecule has 0 bridgehead atoms. The summed E-state index contributed by atoms with van der Waals surface area (Å²) in [6, 6.07) is 7.38. The van der Waals surface area contributed by atoms with Gasteiger partial charge in [-0.2, -0.15) is 0 Å². The third-order valence-corrected chi connectivity index (χ3v) is 6.57. The van der Waals surface area contributed by atoms with Gasteiger partial charge in [0.1, 0.15) is 5.52 Å². The molecule has 6 nitrogen and oxygen atoms in total. The molecule has 0 amide bonds. The average Bonchev–Trinajstić information content (AvgIpc) is 3.07. The summed E-state index contributed by atoms with van der Waals surface area (Å²) in [5.41, 5.74) is 1.63.